The van der Waals surface area contributed by atoms with Gasteiger partial charge in [0.2, 0.25) is 5.52 Å². The van der Waals surface area contributed by atoms with Crippen molar-refractivity contribution in [3.05, 3.63) is 68.2 Å². The van der Waals surface area contributed by atoms with Gasteiger partial charge in [0.15, 0.2) is 6.54 Å². The quantitative estimate of drug-likeness (QED) is 0.340. The maximum atomic E-state index is 9.67. The van der Waals surface area contributed by atoms with Gasteiger partial charge in [0.05, 0.1) is 17.3 Å². The monoisotopic (exact) mass is 594 g/mol. The van der Waals surface area contributed by atoms with Crippen molar-refractivity contribution in [2.24, 2.45) is 0 Å². The summed E-state index contributed by atoms with van der Waals surface area (Å²) < 4.78 is 3.45. The fourth-order valence-corrected chi connectivity index (χ4v) is 6.57. The summed E-state index contributed by atoms with van der Waals surface area (Å²) in [6.45, 7) is 12.0. The van der Waals surface area contributed by atoms with E-state index in [-0.39, 0.29) is 37.2 Å². The van der Waals surface area contributed by atoms with Crippen LogP contribution in [0.4, 0.5) is 5.69 Å². The molecule has 0 unspecified atom stereocenters. The van der Waals surface area contributed by atoms with Gasteiger partial charge in [-0.15, -0.1) is 0 Å². The van der Waals surface area contributed by atoms with Crippen molar-refractivity contribution < 1.29 is 38.8 Å². The maximum absolute atomic E-state index is 9.67. The lowest BCUT2D eigenvalue weighted by molar-refractivity contribution is -0.670. The number of benzene rings is 2. The number of aromatic nitrogens is 1. The van der Waals surface area contributed by atoms with E-state index in [0.29, 0.717) is 13.1 Å². The lowest BCUT2D eigenvalue weighted by atomic mass is 10.1. The highest BCUT2D eigenvalue weighted by molar-refractivity contribution is 8.03. The molecule has 1 aromatic heterocycles. The van der Waals surface area contributed by atoms with Crippen molar-refractivity contribution >= 4 is 45.1 Å². The SMILES string of the molecule is CC(/C=C1\Sc2cc(C)c(C)cc2N1CCO)=C\c1sc2cc(C)c(C)cc2[n+]1CCO.[I-]. The average molecular weight is 595 g/mol. The summed E-state index contributed by atoms with van der Waals surface area (Å²) in [7, 11) is 0. The summed E-state index contributed by atoms with van der Waals surface area (Å²) in [5, 5.41) is 21.6. The smallest absolute Gasteiger partial charge is 0.263 e. The Kier molecular flexibility index (Phi) is 8.66. The molecule has 176 valence electrons. The molecular weight excluding hydrogens is 563 g/mol. The molecule has 4 nitrogen and oxygen atoms in total. The number of halogens is 1. The summed E-state index contributed by atoms with van der Waals surface area (Å²) in [5.74, 6) is 0. The minimum absolute atomic E-state index is 0. The second kappa shape index (κ2) is 10.9. The normalized spacial score (nSPS) is 14.8. The molecule has 0 aliphatic carbocycles. The Morgan fingerprint density at radius 2 is 1.64 bits per heavy atom. The van der Waals surface area contributed by atoms with Crippen LogP contribution in [-0.4, -0.2) is 30.0 Å². The van der Waals surface area contributed by atoms with Gasteiger partial charge in [-0.05, 0) is 86.7 Å². The minimum atomic E-state index is 0. The van der Waals surface area contributed by atoms with Crippen molar-refractivity contribution in [1.29, 1.82) is 0 Å². The summed E-state index contributed by atoms with van der Waals surface area (Å²) in [6, 6.07) is 8.93. The van der Waals surface area contributed by atoms with Crippen LogP contribution in [0.2, 0.25) is 0 Å². The molecule has 2 heterocycles. The third-order valence-corrected chi connectivity index (χ3v) is 8.23. The van der Waals surface area contributed by atoms with Gasteiger partial charge in [-0.25, -0.2) is 0 Å². The van der Waals surface area contributed by atoms with Gasteiger partial charge in [-0.1, -0.05) is 23.1 Å². The summed E-state index contributed by atoms with van der Waals surface area (Å²) in [5.41, 5.74) is 8.60. The van der Waals surface area contributed by atoms with Gasteiger partial charge >= 0.3 is 0 Å². The summed E-state index contributed by atoms with van der Waals surface area (Å²) in [6.07, 6.45) is 4.41. The third-order valence-electron chi connectivity index (χ3n) is 6.04. The molecule has 2 aromatic carbocycles. The van der Waals surface area contributed by atoms with Crippen LogP contribution in [0.5, 0.6) is 0 Å². The van der Waals surface area contributed by atoms with Gasteiger partial charge in [-0.3, -0.25) is 0 Å². The number of hydrogen-bond acceptors (Lipinski definition) is 5. The maximum Gasteiger partial charge on any atom is 0.263 e. The molecule has 0 spiro atoms. The van der Waals surface area contributed by atoms with E-state index in [4.69, 9.17) is 0 Å². The van der Waals surface area contributed by atoms with Crippen LogP contribution in [-0.2, 0) is 6.54 Å². The Morgan fingerprint density at radius 3 is 2.33 bits per heavy atom. The van der Waals surface area contributed by atoms with E-state index in [2.05, 4.69) is 80.5 Å². The van der Waals surface area contributed by atoms with Gasteiger partial charge in [0.1, 0.15) is 11.3 Å². The topological polar surface area (TPSA) is 47.6 Å². The van der Waals surface area contributed by atoms with Gasteiger partial charge < -0.3 is 39.1 Å². The number of aryl methyl sites for hydroxylation is 4. The molecule has 0 saturated heterocycles. The van der Waals surface area contributed by atoms with Crippen LogP contribution in [0.15, 0.2) is 45.8 Å². The van der Waals surface area contributed by atoms with E-state index < -0.39 is 0 Å². The lowest BCUT2D eigenvalue weighted by Gasteiger charge is -2.20. The Hall–Kier alpha value is -1.39. The zero-order valence-electron chi connectivity index (χ0n) is 19.8. The molecule has 1 aliphatic rings. The van der Waals surface area contributed by atoms with E-state index in [0.717, 1.165) is 15.6 Å². The Balaban J connectivity index is 0.00000306. The number of aliphatic hydroxyl groups is 2. The highest BCUT2D eigenvalue weighted by Crippen LogP contribution is 2.47. The van der Waals surface area contributed by atoms with E-state index >= 15 is 0 Å². The highest BCUT2D eigenvalue weighted by Gasteiger charge is 2.26. The molecule has 1 aliphatic heterocycles. The first kappa shape index (κ1) is 26.2. The fraction of sp³-hybridized carbons (Fsp3) is 0.346. The summed E-state index contributed by atoms with van der Waals surface area (Å²) in [4.78, 5) is 3.45. The molecule has 0 saturated carbocycles. The Bertz CT molecular complexity index is 1250. The number of β-amino-alcohol motifs (C(OH)–C–C–N with tert-alkyl or cyclic N) is 1. The standard InChI is InChI=1S/C26H31N2O2S2.HI/c1-16(10-25-27(6-8-29)21-12-17(2)19(4)14-23(21)31-25)11-26-28(7-9-30)22-13-18(3)20(5)15-24(22)32-26;/h10-15,29-30H,6-9H2,1-5H3;1H/q+1;/p-1. The number of rotatable bonds is 6. The van der Waals surface area contributed by atoms with Gasteiger partial charge in [0.25, 0.3) is 5.01 Å². The fourth-order valence-electron chi connectivity index (χ4n) is 4.01. The van der Waals surface area contributed by atoms with E-state index in [1.807, 2.05) is 0 Å². The molecule has 2 N–H and O–H groups in total. The number of thioether (sulfide) groups is 1. The number of nitrogens with zero attached hydrogens (tertiary/aromatic N) is 2. The first-order valence-corrected chi connectivity index (χ1v) is 12.6. The van der Waals surface area contributed by atoms with Crippen LogP contribution in [0, 0.1) is 27.7 Å². The van der Waals surface area contributed by atoms with Crippen molar-refractivity contribution in [1.82, 2.24) is 0 Å². The van der Waals surface area contributed by atoms with Crippen LogP contribution in [0.3, 0.4) is 0 Å². The zero-order chi connectivity index (χ0) is 23.0. The second-order valence-electron chi connectivity index (χ2n) is 8.47. The molecule has 4 rings (SSSR count). The van der Waals surface area contributed by atoms with Crippen molar-refractivity contribution in [2.75, 3.05) is 24.7 Å². The molecule has 33 heavy (non-hydrogen) atoms. The average Bonchev–Trinajstić information content (AvgIpc) is 3.21. The lowest BCUT2D eigenvalue weighted by Crippen LogP contribution is -3.00. The van der Waals surface area contributed by atoms with Crippen LogP contribution in [0.25, 0.3) is 16.3 Å². The van der Waals surface area contributed by atoms with E-state index in [9.17, 15) is 10.2 Å². The van der Waals surface area contributed by atoms with Gasteiger partial charge in [-0.2, -0.15) is 4.57 Å². The van der Waals surface area contributed by atoms with Crippen molar-refractivity contribution in [2.45, 2.75) is 46.1 Å². The number of hydrogen-bond donors (Lipinski definition) is 2. The van der Waals surface area contributed by atoms with E-state index in [1.165, 1.54) is 43.1 Å². The molecule has 3 aromatic rings. The minimum Gasteiger partial charge on any atom is -1.00 e. The molecule has 0 atom stereocenters. The first-order chi connectivity index (χ1) is 15.3. The van der Waals surface area contributed by atoms with Crippen molar-refractivity contribution in [3.8, 4) is 0 Å². The molecule has 0 amide bonds. The molecule has 0 bridgehead atoms. The summed E-state index contributed by atoms with van der Waals surface area (Å²) >= 11 is 3.52. The van der Waals surface area contributed by atoms with Crippen LogP contribution in [0.1, 0.15) is 34.2 Å². The number of allylic oxidation sites excluding steroid dienone is 2. The Labute approximate surface area is 221 Å². The third kappa shape index (κ3) is 5.32. The molecular formula is C26H31IN2O2S2. The Morgan fingerprint density at radius 1 is 0.970 bits per heavy atom. The molecule has 7 heteroatoms. The number of aliphatic hydroxyl groups excluding tert-OH is 2. The largest absolute Gasteiger partial charge is 1.00 e. The van der Waals surface area contributed by atoms with Crippen LogP contribution < -0.4 is 33.4 Å². The molecule has 0 radical (unpaired) electrons. The number of thiazole rings is 1. The van der Waals surface area contributed by atoms with Crippen LogP contribution >= 0.6 is 23.1 Å². The number of fused-ring (bicyclic) bond motifs is 2. The number of anilines is 1. The predicted octanol–water partition coefficient (Wildman–Crippen LogP) is 2.27. The zero-order valence-corrected chi connectivity index (χ0v) is 23.6. The van der Waals surface area contributed by atoms with Crippen molar-refractivity contribution in [3.63, 3.8) is 0 Å². The highest BCUT2D eigenvalue weighted by atomic mass is 127. The second-order valence-corrected chi connectivity index (χ2v) is 10.6. The van der Waals surface area contributed by atoms with E-state index in [1.54, 1.807) is 23.1 Å². The predicted molar refractivity (Wildman–Crippen MR) is 137 cm³/mol. The van der Waals surface area contributed by atoms with Gasteiger partial charge in [0, 0.05) is 23.6 Å². The first-order valence-electron chi connectivity index (χ1n) is 10.9. The molecule has 0 fully saturated rings.